The molecule has 37 heavy (non-hydrogen) atoms. The number of hydrogen-bond donors (Lipinski definition) is 2. The van der Waals surface area contributed by atoms with Crippen molar-refractivity contribution in [3.8, 4) is 5.75 Å². The molecule has 2 aromatic heterocycles. The highest BCUT2D eigenvalue weighted by molar-refractivity contribution is 7.11. The number of carbonyl (C=O) groups is 2. The van der Waals surface area contributed by atoms with Crippen LogP contribution in [0.2, 0.25) is 0 Å². The molecule has 0 saturated carbocycles. The average molecular weight is 532 g/mol. The maximum atomic E-state index is 12.9. The van der Waals surface area contributed by atoms with Gasteiger partial charge in [0.25, 0.3) is 0 Å². The zero-order valence-electron chi connectivity index (χ0n) is 22.5. The van der Waals surface area contributed by atoms with Gasteiger partial charge in [0.1, 0.15) is 17.1 Å². The summed E-state index contributed by atoms with van der Waals surface area (Å²) in [6, 6.07) is 5.76. The Morgan fingerprint density at radius 2 is 1.81 bits per heavy atom. The van der Waals surface area contributed by atoms with Crippen LogP contribution in [-0.4, -0.2) is 24.1 Å². The molecule has 2 aromatic rings. The summed E-state index contributed by atoms with van der Waals surface area (Å²) in [5.41, 5.74) is -1.07. The first-order valence-electron chi connectivity index (χ1n) is 13.2. The molecule has 2 heterocycles. The third-order valence-electron chi connectivity index (χ3n) is 6.45. The van der Waals surface area contributed by atoms with Crippen LogP contribution in [-0.2, 0) is 17.6 Å². The van der Waals surface area contributed by atoms with E-state index in [-0.39, 0.29) is 23.0 Å². The fourth-order valence-corrected chi connectivity index (χ4v) is 5.21. The second-order valence-electron chi connectivity index (χ2n) is 9.55. The number of ether oxygens (including phenoxy) is 1. The summed E-state index contributed by atoms with van der Waals surface area (Å²) in [6.07, 6.45) is 12.5. The molecule has 0 spiro atoms. The summed E-state index contributed by atoms with van der Waals surface area (Å²) in [7, 11) is 1.28. The first-order chi connectivity index (χ1) is 17.8. The Labute approximate surface area is 223 Å². The molecular weight excluding hydrogens is 490 g/mol. The highest BCUT2D eigenvalue weighted by Crippen LogP contribution is 2.27. The molecule has 0 aromatic carbocycles. The summed E-state index contributed by atoms with van der Waals surface area (Å²) in [5.74, 6) is -0.943. The van der Waals surface area contributed by atoms with Gasteiger partial charge in [-0.25, -0.2) is 9.59 Å². The third-order valence-corrected chi connectivity index (χ3v) is 7.66. The molecule has 8 heteroatoms. The standard InChI is InChI=1S/C29H41NO6S/c1-5-6-7-8-14-22-16-17-23(37-22)15-11-13-21(3)27(32)26-24(31)19-25(36-28(26)33)20(2)12-9-10-18-30-29(34)35-4/h10,16-21,31H,5-9,11-15H2,1-4H3,(H,30,34)/b18-10+. The lowest BCUT2D eigenvalue weighted by atomic mass is 9.94. The van der Waals surface area contributed by atoms with Crippen LogP contribution < -0.4 is 10.9 Å². The van der Waals surface area contributed by atoms with Gasteiger partial charge < -0.3 is 14.3 Å². The molecule has 2 unspecified atom stereocenters. The van der Waals surface area contributed by atoms with Crippen molar-refractivity contribution in [1.82, 2.24) is 5.32 Å². The van der Waals surface area contributed by atoms with Crippen LogP contribution in [0.5, 0.6) is 5.75 Å². The highest BCUT2D eigenvalue weighted by Gasteiger charge is 2.25. The first-order valence-corrected chi connectivity index (χ1v) is 14.1. The van der Waals surface area contributed by atoms with E-state index in [4.69, 9.17) is 4.42 Å². The molecule has 0 aliphatic rings. The minimum Gasteiger partial charge on any atom is -0.507 e. The predicted molar refractivity (Wildman–Crippen MR) is 148 cm³/mol. The summed E-state index contributed by atoms with van der Waals surface area (Å²) < 4.78 is 9.89. The monoisotopic (exact) mass is 531 g/mol. The van der Waals surface area contributed by atoms with E-state index in [1.54, 1.807) is 13.0 Å². The van der Waals surface area contributed by atoms with Crippen LogP contribution in [0.3, 0.4) is 0 Å². The number of Topliss-reactive ketones (excluding diaryl/α,β-unsaturated/α-hetero) is 1. The number of aromatic hydroxyl groups is 1. The Morgan fingerprint density at radius 1 is 1.11 bits per heavy atom. The van der Waals surface area contributed by atoms with Crippen LogP contribution in [0.25, 0.3) is 0 Å². The normalized spacial score (nSPS) is 13.0. The Balaban J connectivity index is 1.86. The summed E-state index contributed by atoms with van der Waals surface area (Å²) >= 11 is 1.85. The lowest BCUT2D eigenvalue weighted by Gasteiger charge is -2.13. The minimum absolute atomic E-state index is 0.162. The lowest BCUT2D eigenvalue weighted by molar-refractivity contribution is 0.0915. The van der Waals surface area contributed by atoms with E-state index in [2.05, 4.69) is 29.1 Å². The number of methoxy groups -OCH3 is 1. The Kier molecular flexibility index (Phi) is 13.2. The predicted octanol–water partition coefficient (Wildman–Crippen LogP) is 7.12. The number of nitrogens with one attached hydrogen (secondary N) is 1. The van der Waals surface area contributed by atoms with Crippen molar-refractivity contribution < 1.29 is 23.8 Å². The number of aryl methyl sites for hydroxylation is 2. The van der Waals surface area contributed by atoms with Crippen LogP contribution in [0, 0.1) is 5.92 Å². The number of carbonyl (C=O) groups excluding carboxylic acids is 2. The lowest BCUT2D eigenvalue weighted by Crippen LogP contribution is -2.21. The maximum Gasteiger partial charge on any atom is 0.410 e. The van der Waals surface area contributed by atoms with Gasteiger partial charge in [0.05, 0.1) is 7.11 Å². The van der Waals surface area contributed by atoms with E-state index in [0.29, 0.717) is 25.0 Å². The smallest absolute Gasteiger partial charge is 0.410 e. The van der Waals surface area contributed by atoms with Crippen molar-refractivity contribution in [2.45, 2.75) is 90.9 Å². The van der Waals surface area contributed by atoms with Crippen molar-refractivity contribution in [3.05, 3.63) is 62.0 Å². The molecular formula is C29H41NO6S. The van der Waals surface area contributed by atoms with Gasteiger partial charge in [0.2, 0.25) is 0 Å². The van der Waals surface area contributed by atoms with Crippen LogP contribution in [0.4, 0.5) is 4.79 Å². The Hall–Kier alpha value is -2.87. The first kappa shape index (κ1) is 30.4. The molecule has 2 rings (SSSR count). The van der Waals surface area contributed by atoms with E-state index in [1.165, 1.54) is 54.8 Å². The second kappa shape index (κ2) is 16.1. The summed E-state index contributed by atoms with van der Waals surface area (Å²) in [5, 5.41) is 12.9. The van der Waals surface area contributed by atoms with Crippen LogP contribution in [0.1, 0.15) is 104 Å². The van der Waals surface area contributed by atoms with E-state index in [0.717, 1.165) is 19.3 Å². The number of unbranched alkanes of at least 4 members (excludes halogenated alkanes) is 3. The molecule has 1 amide bonds. The topological polar surface area (TPSA) is 106 Å². The fraction of sp³-hybridized carbons (Fsp3) is 0.552. The molecule has 0 radical (unpaired) electrons. The number of hydrogen-bond acceptors (Lipinski definition) is 7. The van der Waals surface area contributed by atoms with Gasteiger partial charge in [-0.2, -0.15) is 0 Å². The van der Waals surface area contributed by atoms with Crippen molar-refractivity contribution in [3.63, 3.8) is 0 Å². The van der Waals surface area contributed by atoms with Gasteiger partial charge in [-0.1, -0.05) is 46.1 Å². The SMILES string of the molecule is CCCCCCc1ccc(CCCC(C)C(=O)c2c(O)cc(C(C)CC/C=C/NC(=O)OC)oc2=O)s1. The number of thiophene rings is 1. The number of amides is 1. The van der Waals surface area contributed by atoms with Crippen molar-refractivity contribution in [1.29, 1.82) is 0 Å². The zero-order chi connectivity index (χ0) is 27.2. The molecule has 2 atom stereocenters. The Bertz CT molecular complexity index is 1090. The molecule has 0 aliphatic carbocycles. The summed E-state index contributed by atoms with van der Waals surface area (Å²) in [4.78, 5) is 39.3. The molecule has 0 saturated heterocycles. The molecule has 2 N–H and O–H groups in total. The summed E-state index contributed by atoms with van der Waals surface area (Å²) in [6.45, 7) is 5.88. The molecule has 0 fully saturated rings. The number of ketones is 1. The average Bonchev–Trinajstić information content (AvgIpc) is 3.32. The van der Waals surface area contributed by atoms with Gasteiger partial charge in [-0.15, -0.1) is 11.3 Å². The van der Waals surface area contributed by atoms with Crippen LogP contribution >= 0.6 is 11.3 Å². The number of rotatable bonds is 16. The van der Waals surface area contributed by atoms with E-state index >= 15 is 0 Å². The maximum absolute atomic E-state index is 12.9. The van der Waals surface area contributed by atoms with Crippen LogP contribution in [0.15, 0.2) is 39.7 Å². The quantitative estimate of drug-likeness (QED) is 0.176. The number of alkyl carbamates (subject to hydrolysis) is 1. The van der Waals surface area contributed by atoms with E-state index in [1.807, 2.05) is 18.3 Å². The third kappa shape index (κ3) is 10.2. The van der Waals surface area contributed by atoms with Crippen molar-refractivity contribution >= 4 is 23.2 Å². The van der Waals surface area contributed by atoms with Gasteiger partial charge in [0, 0.05) is 33.9 Å². The zero-order valence-corrected chi connectivity index (χ0v) is 23.3. The van der Waals surface area contributed by atoms with Gasteiger partial charge in [-0.05, 0) is 57.1 Å². The highest BCUT2D eigenvalue weighted by atomic mass is 32.1. The van der Waals surface area contributed by atoms with Gasteiger partial charge in [0.15, 0.2) is 5.78 Å². The minimum atomic E-state index is -0.799. The number of allylic oxidation sites excluding steroid dienone is 1. The second-order valence-corrected chi connectivity index (χ2v) is 10.8. The molecule has 7 nitrogen and oxygen atoms in total. The van der Waals surface area contributed by atoms with Crippen molar-refractivity contribution in [2.24, 2.45) is 5.92 Å². The molecule has 204 valence electrons. The molecule has 0 aliphatic heterocycles. The van der Waals surface area contributed by atoms with Gasteiger partial charge >= 0.3 is 11.7 Å². The molecule has 0 bridgehead atoms. The Morgan fingerprint density at radius 3 is 2.46 bits per heavy atom. The van der Waals surface area contributed by atoms with E-state index < -0.39 is 17.6 Å². The fourth-order valence-electron chi connectivity index (χ4n) is 4.10. The van der Waals surface area contributed by atoms with E-state index in [9.17, 15) is 19.5 Å². The van der Waals surface area contributed by atoms with Gasteiger partial charge in [-0.3, -0.25) is 10.1 Å². The largest absolute Gasteiger partial charge is 0.507 e. The van der Waals surface area contributed by atoms with Crippen molar-refractivity contribution in [2.75, 3.05) is 7.11 Å².